The van der Waals surface area contributed by atoms with Gasteiger partial charge in [0.05, 0.1) is 18.3 Å². The number of hydrogen-bond acceptors (Lipinski definition) is 4. The maximum atomic E-state index is 12.1. The van der Waals surface area contributed by atoms with Gasteiger partial charge in [0.15, 0.2) is 0 Å². The van der Waals surface area contributed by atoms with Crippen molar-refractivity contribution in [2.24, 2.45) is 0 Å². The van der Waals surface area contributed by atoms with Crippen LogP contribution in [0.1, 0.15) is 23.2 Å². The Bertz CT molecular complexity index is 380. The Labute approximate surface area is 111 Å². The summed E-state index contributed by atoms with van der Waals surface area (Å²) >= 11 is 5.58. The van der Waals surface area contributed by atoms with Gasteiger partial charge in [0.2, 0.25) is 0 Å². The Kier molecular flexibility index (Phi) is 4.90. The molecular formula is C12H16ClN3O2. The van der Waals surface area contributed by atoms with Crippen molar-refractivity contribution in [2.75, 3.05) is 25.6 Å². The van der Waals surface area contributed by atoms with E-state index >= 15 is 0 Å². The fraction of sp³-hybridized carbons (Fsp3) is 0.583. The molecular weight excluding hydrogens is 254 g/mol. The molecule has 5 nitrogen and oxygen atoms in total. The highest BCUT2D eigenvalue weighted by molar-refractivity contribution is 6.17. The number of amides is 1. The lowest BCUT2D eigenvalue weighted by molar-refractivity contribution is 0.0154. The first kappa shape index (κ1) is 13.2. The molecule has 18 heavy (non-hydrogen) atoms. The van der Waals surface area contributed by atoms with Crippen LogP contribution in [0.4, 0.5) is 0 Å². The van der Waals surface area contributed by atoms with Gasteiger partial charge in [0, 0.05) is 31.4 Å². The SMILES string of the molecule is O=C(c1cncnc1)N1CCC(OCCCl)CC1. The van der Waals surface area contributed by atoms with Gasteiger partial charge in [-0.05, 0) is 12.8 Å². The van der Waals surface area contributed by atoms with Crippen LogP contribution in [-0.4, -0.2) is 52.5 Å². The number of nitrogens with zero attached hydrogens (tertiary/aromatic N) is 3. The zero-order chi connectivity index (χ0) is 12.8. The van der Waals surface area contributed by atoms with E-state index in [1.54, 1.807) is 12.4 Å². The molecule has 0 bridgehead atoms. The maximum absolute atomic E-state index is 12.1. The molecule has 0 spiro atoms. The Balaban J connectivity index is 1.84. The van der Waals surface area contributed by atoms with Gasteiger partial charge < -0.3 is 9.64 Å². The molecule has 98 valence electrons. The molecule has 0 radical (unpaired) electrons. The summed E-state index contributed by atoms with van der Waals surface area (Å²) in [5.41, 5.74) is 0.539. The van der Waals surface area contributed by atoms with Gasteiger partial charge in [0.25, 0.3) is 5.91 Å². The fourth-order valence-electron chi connectivity index (χ4n) is 2.03. The Morgan fingerprint density at radius 1 is 1.39 bits per heavy atom. The Morgan fingerprint density at radius 2 is 2.06 bits per heavy atom. The average Bonchev–Trinajstić information content (AvgIpc) is 2.46. The van der Waals surface area contributed by atoms with E-state index in [4.69, 9.17) is 16.3 Å². The van der Waals surface area contributed by atoms with Crippen LogP contribution in [0.15, 0.2) is 18.7 Å². The molecule has 0 saturated carbocycles. The summed E-state index contributed by atoms with van der Waals surface area (Å²) in [6.45, 7) is 1.99. The van der Waals surface area contributed by atoms with Crippen molar-refractivity contribution in [3.8, 4) is 0 Å². The van der Waals surface area contributed by atoms with E-state index in [9.17, 15) is 4.79 Å². The summed E-state index contributed by atoms with van der Waals surface area (Å²) in [6.07, 6.45) is 6.45. The lowest BCUT2D eigenvalue weighted by Crippen LogP contribution is -2.41. The van der Waals surface area contributed by atoms with Gasteiger partial charge in [-0.1, -0.05) is 0 Å². The average molecular weight is 270 g/mol. The molecule has 1 saturated heterocycles. The van der Waals surface area contributed by atoms with Crippen molar-refractivity contribution >= 4 is 17.5 Å². The predicted octanol–water partition coefficient (Wildman–Crippen LogP) is 1.34. The van der Waals surface area contributed by atoms with Gasteiger partial charge in [-0.2, -0.15) is 0 Å². The molecule has 0 atom stereocenters. The number of likely N-dealkylation sites (tertiary alicyclic amines) is 1. The number of rotatable bonds is 4. The molecule has 6 heteroatoms. The third kappa shape index (κ3) is 3.40. The Hall–Kier alpha value is -1.20. The number of hydrogen-bond donors (Lipinski definition) is 0. The van der Waals surface area contributed by atoms with Crippen LogP contribution in [0.3, 0.4) is 0 Å². The summed E-state index contributed by atoms with van der Waals surface area (Å²) in [5.74, 6) is 0.506. The quantitative estimate of drug-likeness (QED) is 0.774. The second kappa shape index (κ2) is 6.66. The van der Waals surface area contributed by atoms with E-state index in [-0.39, 0.29) is 12.0 Å². The molecule has 1 aliphatic heterocycles. The highest BCUT2D eigenvalue weighted by Crippen LogP contribution is 2.15. The molecule has 0 unspecified atom stereocenters. The first-order valence-electron chi connectivity index (χ1n) is 6.03. The predicted molar refractivity (Wildman–Crippen MR) is 67.6 cm³/mol. The van der Waals surface area contributed by atoms with Crippen molar-refractivity contribution < 1.29 is 9.53 Å². The van der Waals surface area contributed by atoms with Gasteiger partial charge in [-0.3, -0.25) is 4.79 Å². The van der Waals surface area contributed by atoms with Crippen LogP contribution in [0.5, 0.6) is 0 Å². The molecule has 2 heterocycles. The largest absolute Gasteiger partial charge is 0.377 e. The molecule has 1 aliphatic rings. The third-order valence-corrected chi connectivity index (χ3v) is 3.12. The molecule has 0 aromatic carbocycles. The number of carbonyl (C=O) groups excluding carboxylic acids is 1. The second-order valence-electron chi connectivity index (χ2n) is 4.18. The molecule has 1 aromatic heterocycles. The van der Waals surface area contributed by atoms with E-state index < -0.39 is 0 Å². The highest BCUT2D eigenvalue weighted by atomic mass is 35.5. The maximum Gasteiger partial charge on any atom is 0.256 e. The van der Waals surface area contributed by atoms with Crippen molar-refractivity contribution in [2.45, 2.75) is 18.9 Å². The van der Waals surface area contributed by atoms with E-state index in [2.05, 4.69) is 9.97 Å². The fourth-order valence-corrected chi connectivity index (χ4v) is 2.12. The van der Waals surface area contributed by atoms with Crippen LogP contribution in [0.2, 0.25) is 0 Å². The minimum atomic E-state index is -0.00797. The Morgan fingerprint density at radius 3 is 2.67 bits per heavy atom. The normalized spacial score (nSPS) is 16.8. The first-order valence-corrected chi connectivity index (χ1v) is 6.56. The van der Waals surface area contributed by atoms with E-state index in [1.807, 2.05) is 4.90 Å². The van der Waals surface area contributed by atoms with Crippen LogP contribution in [-0.2, 0) is 4.74 Å². The summed E-state index contributed by atoms with van der Waals surface area (Å²) in [5, 5.41) is 0. The number of piperidine rings is 1. The van der Waals surface area contributed by atoms with E-state index in [0.29, 0.717) is 31.1 Å². The molecule has 0 N–H and O–H groups in total. The van der Waals surface area contributed by atoms with Crippen LogP contribution in [0.25, 0.3) is 0 Å². The summed E-state index contributed by atoms with van der Waals surface area (Å²) in [4.78, 5) is 21.6. The monoisotopic (exact) mass is 269 g/mol. The molecule has 1 fully saturated rings. The molecule has 1 aromatic rings. The van der Waals surface area contributed by atoms with Gasteiger partial charge >= 0.3 is 0 Å². The molecule has 0 aliphatic carbocycles. The topological polar surface area (TPSA) is 55.3 Å². The standard InChI is InChI=1S/C12H16ClN3O2/c13-3-6-18-11-1-4-16(5-2-11)12(17)10-7-14-9-15-8-10/h7-9,11H,1-6H2. The van der Waals surface area contributed by atoms with E-state index in [1.165, 1.54) is 6.33 Å². The third-order valence-electron chi connectivity index (χ3n) is 2.97. The molecule has 2 rings (SSSR count). The number of alkyl halides is 1. The van der Waals surface area contributed by atoms with Crippen LogP contribution < -0.4 is 0 Å². The minimum absolute atomic E-state index is 0.00797. The number of carbonyl (C=O) groups is 1. The number of aromatic nitrogens is 2. The molecule has 1 amide bonds. The summed E-state index contributed by atoms with van der Waals surface area (Å²) in [6, 6.07) is 0. The van der Waals surface area contributed by atoms with Gasteiger partial charge in [-0.25, -0.2) is 9.97 Å². The van der Waals surface area contributed by atoms with E-state index in [0.717, 1.165) is 12.8 Å². The lowest BCUT2D eigenvalue weighted by atomic mass is 10.1. The first-order chi connectivity index (χ1) is 8.81. The summed E-state index contributed by atoms with van der Waals surface area (Å²) in [7, 11) is 0. The second-order valence-corrected chi connectivity index (χ2v) is 4.56. The van der Waals surface area contributed by atoms with Crippen LogP contribution >= 0.6 is 11.6 Å². The highest BCUT2D eigenvalue weighted by Gasteiger charge is 2.24. The van der Waals surface area contributed by atoms with Crippen molar-refractivity contribution in [1.29, 1.82) is 0 Å². The smallest absolute Gasteiger partial charge is 0.256 e. The number of halogens is 1. The van der Waals surface area contributed by atoms with Gasteiger partial charge in [-0.15, -0.1) is 11.6 Å². The number of ether oxygens (including phenoxy) is 1. The zero-order valence-electron chi connectivity index (χ0n) is 10.1. The van der Waals surface area contributed by atoms with Crippen LogP contribution in [0, 0.1) is 0 Å². The lowest BCUT2D eigenvalue weighted by Gasteiger charge is -2.31. The summed E-state index contributed by atoms with van der Waals surface area (Å²) < 4.78 is 5.57. The van der Waals surface area contributed by atoms with Gasteiger partial charge in [0.1, 0.15) is 6.33 Å². The van der Waals surface area contributed by atoms with Crippen molar-refractivity contribution in [1.82, 2.24) is 14.9 Å². The minimum Gasteiger partial charge on any atom is -0.377 e. The zero-order valence-corrected chi connectivity index (χ0v) is 10.8. The van der Waals surface area contributed by atoms with Crippen molar-refractivity contribution in [3.63, 3.8) is 0 Å². The van der Waals surface area contributed by atoms with Crippen molar-refractivity contribution in [3.05, 3.63) is 24.3 Å².